The van der Waals surface area contributed by atoms with Crippen LogP contribution in [0.5, 0.6) is 0 Å². The van der Waals surface area contributed by atoms with E-state index >= 15 is 0 Å². The van der Waals surface area contributed by atoms with Gasteiger partial charge in [-0.05, 0) is 30.0 Å². The Hall–Kier alpha value is -3.73. The number of carbonyl (C=O) groups is 1. The predicted molar refractivity (Wildman–Crippen MR) is 111 cm³/mol. The zero-order valence-corrected chi connectivity index (χ0v) is 15.4. The molecule has 1 amide bonds. The normalized spacial score (nSPS) is 10.8. The Labute approximate surface area is 162 Å². The molecule has 0 bridgehead atoms. The second kappa shape index (κ2) is 7.48. The molecule has 3 aromatic carbocycles. The number of aryl methyl sites for hydroxylation is 1. The zero-order valence-electron chi connectivity index (χ0n) is 15.4. The van der Waals surface area contributed by atoms with E-state index in [1.807, 2.05) is 73.7 Å². The first-order valence-electron chi connectivity index (χ1n) is 9.03. The molecule has 1 aromatic heterocycles. The molecule has 1 N–H and O–H groups in total. The van der Waals surface area contributed by atoms with Crippen molar-refractivity contribution in [2.24, 2.45) is 0 Å². The van der Waals surface area contributed by atoms with Crippen molar-refractivity contribution in [3.8, 4) is 11.3 Å². The van der Waals surface area contributed by atoms with E-state index in [-0.39, 0.29) is 18.0 Å². The van der Waals surface area contributed by atoms with Crippen LogP contribution in [0.3, 0.4) is 0 Å². The Morgan fingerprint density at radius 1 is 0.929 bits per heavy atom. The lowest BCUT2D eigenvalue weighted by Crippen LogP contribution is -2.29. The van der Waals surface area contributed by atoms with Crippen molar-refractivity contribution in [2.45, 2.75) is 13.5 Å². The molecule has 138 valence electrons. The minimum Gasteiger partial charge on any atom is -0.324 e. The van der Waals surface area contributed by atoms with E-state index in [0.29, 0.717) is 11.4 Å². The number of hydrogen-bond acceptors (Lipinski definition) is 3. The highest BCUT2D eigenvalue weighted by Crippen LogP contribution is 2.23. The summed E-state index contributed by atoms with van der Waals surface area (Å²) in [5, 5.41) is 9.27. The van der Waals surface area contributed by atoms with Gasteiger partial charge >= 0.3 is 0 Å². The Balaban J connectivity index is 1.60. The number of rotatable bonds is 4. The summed E-state index contributed by atoms with van der Waals surface area (Å²) in [6, 6.07) is 24.5. The molecule has 5 heteroatoms. The molecule has 0 aliphatic carbocycles. The molecule has 0 radical (unpaired) electrons. The van der Waals surface area contributed by atoms with Crippen LogP contribution < -0.4 is 10.9 Å². The molecule has 0 atom stereocenters. The largest absolute Gasteiger partial charge is 0.324 e. The van der Waals surface area contributed by atoms with Crippen molar-refractivity contribution in [3.05, 3.63) is 94.8 Å². The molecule has 4 rings (SSSR count). The standard InChI is InChI=1S/C23H19N3O2/c1-16-7-2-4-10-18(16)21-13-14-23(28)26(25-21)15-22(27)24-20-12-6-9-17-8-3-5-11-19(17)20/h2-14H,15H2,1H3,(H,24,27). The lowest BCUT2D eigenvalue weighted by Gasteiger charge is -2.11. The molecule has 5 nitrogen and oxygen atoms in total. The third-order valence-corrected chi connectivity index (χ3v) is 4.64. The number of fused-ring (bicyclic) bond motifs is 1. The summed E-state index contributed by atoms with van der Waals surface area (Å²) in [5.41, 5.74) is 3.05. The van der Waals surface area contributed by atoms with Crippen LogP contribution in [0.2, 0.25) is 0 Å². The fourth-order valence-corrected chi connectivity index (χ4v) is 3.23. The molecule has 1 heterocycles. The first kappa shape index (κ1) is 17.7. The predicted octanol–water partition coefficient (Wildman–Crippen LogP) is 4.01. The van der Waals surface area contributed by atoms with Crippen LogP contribution in [0.1, 0.15) is 5.56 Å². The van der Waals surface area contributed by atoms with Gasteiger partial charge in [0.05, 0.1) is 5.69 Å². The van der Waals surface area contributed by atoms with Crippen molar-refractivity contribution in [1.29, 1.82) is 0 Å². The summed E-state index contributed by atoms with van der Waals surface area (Å²) in [7, 11) is 0. The lowest BCUT2D eigenvalue weighted by molar-refractivity contribution is -0.117. The lowest BCUT2D eigenvalue weighted by atomic mass is 10.1. The van der Waals surface area contributed by atoms with Crippen LogP contribution in [0.4, 0.5) is 5.69 Å². The molecule has 28 heavy (non-hydrogen) atoms. The van der Waals surface area contributed by atoms with Crippen LogP contribution in [0.25, 0.3) is 22.0 Å². The number of carbonyl (C=O) groups excluding carboxylic acids is 1. The van der Waals surface area contributed by atoms with Crippen LogP contribution in [0, 0.1) is 6.92 Å². The third kappa shape index (κ3) is 3.55. The summed E-state index contributed by atoms with van der Waals surface area (Å²) in [4.78, 5) is 24.8. The summed E-state index contributed by atoms with van der Waals surface area (Å²) >= 11 is 0. The number of hydrogen-bond donors (Lipinski definition) is 1. The quantitative estimate of drug-likeness (QED) is 0.591. The highest BCUT2D eigenvalue weighted by atomic mass is 16.2. The second-order valence-corrected chi connectivity index (χ2v) is 6.60. The van der Waals surface area contributed by atoms with Gasteiger partial charge in [-0.3, -0.25) is 9.59 Å². The zero-order chi connectivity index (χ0) is 19.5. The SMILES string of the molecule is Cc1ccccc1-c1ccc(=O)n(CC(=O)Nc2cccc3ccccc23)n1. The van der Waals surface area contributed by atoms with Crippen molar-refractivity contribution in [3.63, 3.8) is 0 Å². The number of nitrogens with one attached hydrogen (secondary N) is 1. The van der Waals surface area contributed by atoms with Crippen LogP contribution >= 0.6 is 0 Å². The van der Waals surface area contributed by atoms with Gasteiger partial charge < -0.3 is 5.32 Å². The average molecular weight is 369 g/mol. The summed E-state index contributed by atoms with van der Waals surface area (Å²) in [6.45, 7) is 1.83. The molecule has 0 aliphatic rings. The summed E-state index contributed by atoms with van der Waals surface area (Å²) < 4.78 is 1.20. The molecule has 0 fully saturated rings. The van der Waals surface area contributed by atoms with E-state index in [1.165, 1.54) is 10.7 Å². The number of aromatic nitrogens is 2. The molecule has 4 aromatic rings. The minimum atomic E-state index is -0.314. The third-order valence-electron chi connectivity index (χ3n) is 4.64. The van der Waals surface area contributed by atoms with Crippen molar-refractivity contribution in [2.75, 3.05) is 5.32 Å². The van der Waals surface area contributed by atoms with E-state index in [0.717, 1.165) is 21.9 Å². The number of amides is 1. The van der Waals surface area contributed by atoms with Gasteiger partial charge in [0.2, 0.25) is 5.91 Å². The topological polar surface area (TPSA) is 64.0 Å². The van der Waals surface area contributed by atoms with Crippen molar-refractivity contribution in [1.82, 2.24) is 9.78 Å². The van der Waals surface area contributed by atoms with Crippen molar-refractivity contribution >= 4 is 22.4 Å². The maximum Gasteiger partial charge on any atom is 0.267 e. The first-order valence-corrected chi connectivity index (χ1v) is 9.03. The van der Waals surface area contributed by atoms with Crippen LogP contribution in [0.15, 0.2) is 83.7 Å². The smallest absolute Gasteiger partial charge is 0.267 e. The number of nitrogens with zero attached hydrogens (tertiary/aromatic N) is 2. The van der Waals surface area contributed by atoms with Gasteiger partial charge in [0, 0.05) is 22.7 Å². The highest BCUT2D eigenvalue weighted by Gasteiger charge is 2.10. The van der Waals surface area contributed by atoms with Gasteiger partial charge in [-0.25, -0.2) is 4.68 Å². The van der Waals surface area contributed by atoms with E-state index in [9.17, 15) is 9.59 Å². The van der Waals surface area contributed by atoms with Crippen LogP contribution in [-0.4, -0.2) is 15.7 Å². The van der Waals surface area contributed by atoms with Gasteiger partial charge in [0.1, 0.15) is 6.54 Å². The minimum absolute atomic E-state index is 0.151. The van der Waals surface area contributed by atoms with Gasteiger partial charge in [-0.2, -0.15) is 5.10 Å². The Morgan fingerprint density at radius 2 is 1.68 bits per heavy atom. The van der Waals surface area contributed by atoms with E-state index < -0.39 is 0 Å². The summed E-state index contributed by atoms with van der Waals surface area (Å²) in [5.74, 6) is -0.298. The highest BCUT2D eigenvalue weighted by molar-refractivity contribution is 6.01. The average Bonchev–Trinajstić information content (AvgIpc) is 2.70. The molecular formula is C23H19N3O2. The van der Waals surface area contributed by atoms with E-state index in [4.69, 9.17) is 0 Å². The Morgan fingerprint density at radius 3 is 2.54 bits per heavy atom. The summed E-state index contributed by atoms with van der Waals surface area (Å²) in [6.07, 6.45) is 0. The fraction of sp³-hybridized carbons (Fsp3) is 0.0870. The molecule has 0 unspecified atom stereocenters. The van der Waals surface area contributed by atoms with Crippen molar-refractivity contribution < 1.29 is 4.79 Å². The van der Waals surface area contributed by atoms with E-state index in [2.05, 4.69) is 10.4 Å². The monoisotopic (exact) mass is 369 g/mol. The maximum absolute atomic E-state index is 12.6. The number of benzene rings is 3. The Bertz CT molecular complexity index is 1220. The van der Waals surface area contributed by atoms with Gasteiger partial charge in [-0.1, -0.05) is 60.7 Å². The van der Waals surface area contributed by atoms with Gasteiger partial charge in [0.25, 0.3) is 5.56 Å². The number of anilines is 1. The first-order chi connectivity index (χ1) is 13.6. The van der Waals surface area contributed by atoms with Crippen LogP contribution in [-0.2, 0) is 11.3 Å². The molecular weight excluding hydrogens is 350 g/mol. The molecule has 0 spiro atoms. The fourth-order valence-electron chi connectivity index (χ4n) is 3.23. The Kier molecular flexibility index (Phi) is 4.72. The van der Waals surface area contributed by atoms with E-state index in [1.54, 1.807) is 6.07 Å². The van der Waals surface area contributed by atoms with Gasteiger partial charge in [-0.15, -0.1) is 0 Å². The maximum atomic E-state index is 12.6. The van der Waals surface area contributed by atoms with Gasteiger partial charge in [0.15, 0.2) is 0 Å². The molecule has 0 saturated carbocycles. The molecule has 0 saturated heterocycles. The molecule has 0 aliphatic heterocycles. The second-order valence-electron chi connectivity index (χ2n) is 6.60.